The summed E-state index contributed by atoms with van der Waals surface area (Å²) in [7, 11) is 0. The Morgan fingerprint density at radius 3 is 1.26 bits per heavy atom. The van der Waals surface area contributed by atoms with Gasteiger partial charge in [-0.2, -0.15) is 0 Å². The summed E-state index contributed by atoms with van der Waals surface area (Å²) in [5.41, 5.74) is 0. The molecular weight excluding hydrogens is 803 g/mol. The van der Waals surface area contributed by atoms with Gasteiger partial charge in [0.2, 0.25) is 5.91 Å². The first-order valence-electron chi connectivity index (χ1n) is 28.7. The first-order chi connectivity index (χ1) is 32.0. The van der Waals surface area contributed by atoms with Crippen LogP contribution in [0.25, 0.3) is 0 Å². The van der Waals surface area contributed by atoms with Crippen LogP contribution in [0.1, 0.15) is 303 Å². The van der Waals surface area contributed by atoms with Gasteiger partial charge in [-0.3, -0.25) is 9.59 Å². The highest BCUT2D eigenvalue weighted by molar-refractivity contribution is 5.76. The van der Waals surface area contributed by atoms with Gasteiger partial charge in [-0.1, -0.05) is 262 Å². The number of amides is 1. The molecule has 0 heterocycles. The maximum atomic E-state index is 12.5. The molecule has 0 aromatic heterocycles. The smallest absolute Gasteiger partial charge is 0.305 e. The zero-order valence-electron chi connectivity index (χ0n) is 43.5. The summed E-state index contributed by atoms with van der Waals surface area (Å²) in [5, 5.41) is 23.3. The third-order valence-electron chi connectivity index (χ3n) is 13.2. The van der Waals surface area contributed by atoms with Gasteiger partial charge in [0.1, 0.15) is 0 Å². The van der Waals surface area contributed by atoms with Crippen molar-refractivity contribution in [1.82, 2.24) is 5.32 Å². The molecule has 0 aliphatic rings. The fourth-order valence-electron chi connectivity index (χ4n) is 8.73. The van der Waals surface area contributed by atoms with E-state index in [0.29, 0.717) is 32.3 Å². The van der Waals surface area contributed by atoms with E-state index >= 15 is 0 Å². The number of carbonyl (C=O) groups is 2. The van der Waals surface area contributed by atoms with Gasteiger partial charge in [0.25, 0.3) is 0 Å². The SMILES string of the molecule is CCCC/C=C\CCCCCCCC(=O)OCCCCCCCC/C=C\C/C=C\CCC(=O)NC(CO)C(O)CCCCCCCCCCCCCCCCCCCCCCCCCC. The molecule has 0 bridgehead atoms. The molecule has 6 heteroatoms. The number of aliphatic hydroxyl groups excluding tert-OH is 2. The largest absolute Gasteiger partial charge is 0.466 e. The van der Waals surface area contributed by atoms with Gasteiger partial charge in [-0.25, -0.2) is 0 Å². The van der Waals surface area contributed by atoms with Crippen molar-refractivity contribution in [3.8, 4) is 0 Å². The quantitative estimate of drug-likeness (QED) is 0.0321. The molecule has 2 unspecified atom stereocenters. The molecule has 0 aromatic carbocycles. The van der Waals surface area contributed by atoms with Crippen LogP contribution in [0.4, 0.5) is 0 Å². The van der Waals surface area contributed by atoms with Gasteiger partial charge in [0.15, 0.2) is 0 Å². The lowest BCUT2D eigenvalue weighted by Crippen LogP contribution is -2.45. The maximum Gasteiger partial charge on any atom is 0.305 e. The predicted octanol–water partition coefficient (Wildman–Crippen LogP) is 17.6. The number of allylic oxidation sites excluding steroid dienone is 6. The molecule has 0 aromatic rings. The zero-order chi connectivity index (χ0) is 47.2. The Bertz CT molecular complexity index is 1060. The predicted molar refractivity (Wildman–Crippen MR) is 283 cm³/mol. The third-order valence-corrected chi connectivity index (χ3v) is 13.2. The van der Waals surface area contributed by atoms with E-state index < -0.39 is 12.1 Å². The van der Waals surface area contributed by atoms with Crippen molar-refractivity contribution >= 4 is 11.9 Å². The van der Waals surface area contributed by atoms with Crippen molar-refractivity contribution in [2.24, 2.45) is 0 Å². The van der Waals surface area contributed by atoms with Gasteiger partial charge < -0.3 is 20.3 Å². The summed E-state index contributed by atoms with van der Waals surface area (Å²) in [6.45, 7) is 4.86. The second-order valence-corrected chi connectivity index (χ2v) is 19.6. The Hall–Kier alpha value is -1.92. The molecule has 2 atom stereocenters. The van der Waals surface area contributed by atoms with Crippen LogP contribution in [0.2, 0.25) is 0 Å². The first kappa shape index (κ1) is 63.1. The van der Waals surface area contributed by atoms with Crippen LogP contribution in [0.3, 0.4) is 0 Å². The van der Waals surface area contributed by atoms with Crippen molar-refractivity contribution in [2.45, 2.75) is 315 Å². The summed E-state index contributed by atoms with van der Waals surface area (Å²) < 4.78 is 5.43. The number of carbonyl (C=O) groups excluding carboxylic acids is 2. The molecule has 0 radical (unpaired) electrons. The molecule has 3 N–H and O–H groups in total. The second-order valence-electron chi connectivity index (χ2n) is 19.6. The highest BCUT2D eigenvalue weighted by Gasteiger charge is 2.19. The van der Waals surface area contributed by atoms with Crippen LogP contribution < -0.4 is 5.32 Å². The molecule has 0 saturated heterocycles. The van der Waals surface area contributed by atoms with Crippen LogP contribution in [-0.2, 0) is 14.3 Å². The monoisotopic (exact) mass is 914 g/mol. The van der Waals surface area contributed by atoms with Crippen molar-refractivity contribution in [2.75, 3.05) is 13.2 Å². The molecular formula is C59H111NO5. The summed E-state index contributed by atoms with van der Waals surface area (Å²) in [6.07, 6.45) is 67.2. The van der Waals surface area contributed by atoms with Gasteiger partial charge in [-0.05, 0) is 64.2 Å². The molecule has 0 rings (SSSR count). The Kier molecular flexibility index (Phi) is 53.1. The highest BCUT2D eigenvalue weighted by atomic mass is 16.5. The van der Waals surface area contributed by atoms with E-state index in [2.05, 4.69) is 49.5 Å². The number of rotatable bonds is 53. The van der Waals surface area contributed by atoms with Crippen LogP contribution in [0, 0.1) is 0 Å². The van der Waals surface area contributed by atoms with E-state index in [9.17, 15) is 19.8 Å². The normalized spacial score (nSPS) is 12.9. The summed E-state index contributed by atoms with van der Waals surface area (Å²) in [5.74, 6) is -0.142. The Balaban J connectivity index is 3.54. The summed E-state index contributed by atoms with van der Waals surface area (Å²) >= 11 is 0. The summed E-state index contributed by atoms with van der Waals surface area (Å²) in [4.78, 5) is 24.4. The molecule has 6 nitrogen and oxygen atoms in total. The lowest BCUT2D eigenvalue weighted by atomic mass is 10.0. The Labute approximate surface area is 404 Å². The number of hydrogen-bond donors (Lipinski definition) is 3. The molecule has 1 amide bonds. The molecule has 65 heavy (non-hydrogen) atoms. The minimum absolute atomic E-state index is 0.0278. The Morgan fingerprint density at radius 1 is 0.431 bits per heavy atom. The maximum absolute atomic E-state index is 12.5. The van der Waals surface area contributed by atoms with Crippen LogP contribution in [-0.4, -0.2) is 47.4 Å². The average molecular weight is 915 g/mol. The van der Waals surface area contributed by atoms with Gasteiger partial charge in [0.05, 0.1) is 25.4 Å². The van der Waals surface area contributed by atoms with Crippen molar-refractivity contribution in [3.63, 3.8) is 0 Å². The third kappa shape index (κ3) is 51.3. The van der Waals surface area contributed by atoms with E-state index in [0.717, 1.165) is 51.4 Å². The minimum Gasteiger partial charge on any atom is -0.466 e. The number of aliphatic hydroxyl groups is 2. The van der Waals surface area contributed by atoms with Gasteiger partial charge in [-0.15, -0.1) is 0 Å². The van der Waals surface area contributed by atoms with E-state index in [4.69, 9.17) is 4.74 Å². The average Bonchev–Trinajstić information content (AvgIpc) is 3.31. The minimum atomic E-state index is -0.701. The molecule has 0 saturated carbocycles. The first-order valence-corrected chi connectivity index (χ1v) is 28.7. The van der Waals surface area contributed by atoms with E-state index in [1.165, 1.54) is 212 Å². The lowest BCUT2D eigenvalue weighted by Gasteiger charge is -2.22. The van der Waals surface area contributed by atoms with Gasteiger partial charge >= 0.3 is 5.97 Å². The molecule has 0 aliphatic heterocycles. The van der Waals surface area contributed by atoms with Crippen molar-refractivity contribution in [3.05, 3.63) is 36.5 Å². The number of ether oxygens (including phenoxy) is 1. The Morgan fingerprint density at radius 2 is 0.800 bits per heavy atom. The second kappa shape index (κ2) is 54.7. The number of nitrogens with one attached hydrogen (secondary N) is 1. The summed E-state index contributed by atoms with van der Waals surface area (Å²) in [6, 6.07) is -0.587. The van der Waals surface area contributed by atoms with E-state index in [-0.39, 0.29) is 18.5 Å². The highest BCUT2D eigenvalue weighted by Crippen LogP contribution is 2.17. The fourth-order valence-corrected chi connectivity index (χ4v) is 8.73. The van der Waals surface area contributed by atoms with Gasteiger partial charge in [0, 0.05) is 12.8 Å². The lowest BCUT2D eigenvalue weighted by molar-refractivity contribution is -0.143. The molecule has 0 fully saturated rings. The zero-order valence-corrected chi connectivity index (χ0v) is 43.5. The van der Waals surface area contributed by atoms with Crippen LogP contribution >= 0.6 is 0 Å². The topological polar surface area (TPSA) is 95.9 Å². The number of esters is 1. The van der Waals surface area contributed by atoms with E-state index in [1.54, 1.807) is 0 Å². The van der Waals surface area contributed by atoms with Crippen molar-refractivity contribution < 1.29 is 24.5 Å². The number of unbranched alkanes of at least 4 members (excludes halogenated alkanes) is 36. The van der Waals surface area contributed by atoms with Crippen LogP contribution in [0.15, 0.2) is 36.5 Å². The van der Waals surface area contributed by atoms with Crippen molar-refractivity contribution in [1.29, 1.82) is 0 Å². The van der Waals surface area contributed by atoms with E-state index in [1.807, 2.05) is 6.08 Å². The number of hydrogen-bond acceptors (Lipinski definition) is 5. The fraction of sp³-hybridized carbons (Fsp3) is 0.864. The molecule has 0 aliphatic carbocycles. The molecule has 382 valence electrons. The van der Waals surface area contributed by atoms with Crippen LogP contribution in [0.5, 0.6) is 0 Å². The molecule has 0 spiro atoms. The standard InChI is InChI=1S/C59H111NO5/c1-3-5-7-9-11-13-15-16-17-18-19-20-21-22-23-24-25-26-28-32-35-39-43-47-51-57(62)56(55-61)60-58(63)52-48-44-40-36-33-29-27-30-34-38-42-46-50-54-65-59(64)53-49-45-41-37-31-14-12-10-8-6-4-2/h10,12,29,33,40,44,56-57,61-62H,3-9,11,13-28,30-32,34-39,41-43,45-55H2,1-2H3,(H,60,63)/b12-10-,33-29-,44-40-.